The minimum atomic E-state index is -0.434. The number of hydrogen-bond acceptors (Lipinski definition) is 2. The minimum Gasteiger partial charge on any atom is -0.423 e. The van der Waals surface area contributed by atoms with E-state index in [1.807, 2.05) is 6.07 Å². The SMILES string of the molecule is C=CC(=O)Oc1ccccc1.[Hg]. The van der Waals surface area contributed by atoms with Crippen molar-refractivity contribution < 1.29 is 37.2 Å². The van der Waals surface area contributed by atoms with Crippen LogP contribution in [0.4, 0.5) is 0 Å². The van der Waals surface area contributed by atoms with Crippen LogP contribution in [0.25, 0.3) is 0 Å². The van der Waals surface area contributed by atoms with Gasteiger partial charge in [-0.2, -0.15) is 0 Å². The Morgan fingerprint density at radius 3 is 2.42 bits per heavy atom. The molecule has 0 spiro atoms. The molecule has 0 aromatic heterocycles. The fourth-order valence-corrected chi connectivity index (χ4v) is 0.646. The van der Waals surface area contributed by atoms with E-state index < -0.39 is 5.97 Å². The predicted molar refractivity (Wildman–Crippen MR) is 42.3 cm³/mol. The van der Waals surface area contributed by atoms with Crippen LogP contribution >= 0.6 is 0 Å². The maximum Gasteiger partial charge on any atom is 0.335 e. The van der Waals surface area contributed by atoms with Gasteiger partial charge >= 0.3 is 5.97 Å². The molecule has 12 heavy (non-hydrogen) atoms. The van der Waals surface area contributed by atoms with E-state index in [1.54, 1.807) is 24.3 Å². The second kappa shape index (κ2) is 5.95. The summed E-state index contributed by atoms with van der Waals surface area (Å²) in [5.41, 5.74) is 0. The average molecular weight is 349 g/mol. The quantitative estimate of drug-likeness (QED) is 0.352. The Hall–Kier alpha value is -0.635. The monoisotopic (exact) mass is 350 g/mol. The molecule has 1 rings (SSSR count). The Balaban J connectivity index is 0.00000121. The summed E-state index contributed by atoms with van der Waals surface area (Å²) in [4.78, 5) is 10.6. The largest absolute Gasteiger partial charge is 0.423 e. The third-order valence-electron chi connectivity index (χ3n) is 1.13. The first-order valence-electron chi connectivity index (χ1n) is 3.22. The van der Waals surface area contributed by atoms with Crippen LogP contribution in [0.15, 0.2) is 43.0 Å². The third-order valence-corrected chi connectivity index (χ3v) is 1.13. The Labute approximate surface area is 91.7 Å². The normalized spacial score (nSPS) is 8.00. The molecule has 0 amide bonds. The van der Waals surface area contributed by atoms with E-state index >= 15 is 0 Å². The van der Waals surface area contributed by atoms with Gasteiger partial charge in [-0.25, -0.2) is 4.79 Å². The molecule has 0 aliphatic rings. The summed E-state index contributed by atoms with van der Waals surface area (Å²) in [5, 5.41) is 0. The zero-order chi connectivity index (χ0) is 8.10. The van der Waals surface area contributed by atoms with E-state index in [0.29, 0.717) is 5.75 Å². The van der Waals surface area contributed by atoms with Gasteiger partial charge in [-0.05, 0) is 12.1 Å². The first-order valence-corrected chi connectivity index (χ1v) is 3.22. The maximum atomic E-state index is 10.6. The number of carbonyl (C=O) groups excluding carboxylic acids is 1. The summed E-state index contributed by atoms with van der Waals surface area (Å²) in [6.07, 6.45) is 1.13. The standard InChI is InChI=1S/C9H8O2.Hg/c1-2-9(10)11-8-6-4-3-5-7-8;/h2-7H,1H2;. The van der Waals surface area contributed by atoms with Crippen molar-refractivity contribution in [1.29, 1.82) is 0 Å². The van der Waals surface area contributed by atoms with Gasteiger partial charge in [0.2, 0.25) is 0 Å². The fraction of sp³-hybridized carbons (Fsp3) is 0. The first kappa shape index (κ1) is 11.4. The molecule has 0 atom stereocenters. The number of esters is 1. The summed E-state index contributed by atoms with van der Waals surface area (Å²) in [7, 11) is 0. The molecular formula is C9H8HgO2. The van der Waals surface area contributed by atoms with Gasteiger partial charge < -0.3 is 4.74 Å². The fourth-order valence-electron chi connectivity index (χ4n) is 0.646. The van der Waals surface area contributed by atoms with Crippen LogP contribution < -0.4 is 4.74 Å². The molecule has 3 heteroatoms. The van der Waals surface area contributed by atoms with Crippen molar-refractivity contribution in [3.05, 3.63) is 43.0 Å². The molecule has 0 bridgehead atoms. The number of ether oxygens (including phenoxy) is 1. The maximum absolute atomic E-state index is 10.6. The summed E-state index contributed by atoms with van der Waals surface area (Å²) >= 11 is 0. The van der Waals surface area contributed by atoms with Crippen molar-refractivity contribution in [2.45, 2.75) is 0 Å². The Morgan fingerprint density at radius 1 is 1.33 bits per heavy atom. The number of para-hydroxylation sites is 1. The van der Waals surface area contributed by atoms with Crippen LogP contribution in [-0.4, -0.2) is 5.97 Å². The van der Waals surface area contributed by atoms with Gasteiger partial charge in [0.15, 0.2) is 0 Å². The second-order valence-electron chi connectivity index (χ2n) is 1.94. The zero-order valence-electron chi connectivity index (χ0n) is 6.69. The van der Waals surface area contributed by atoms with E-state index in [9.17, 15) is 4.79 Å². The van der Waals surface area contributed by atoms with Crippen LogP contribution in [0.5, 0.6) is 5.75 Å². The number of carbonyl (C=O) groups is 1. The summed E-state index contributed by atoms with van der Waals surface area (Å²) in [6, 6.07) is 8.87. The summed E-state index contributed by atoms with van der Waals surface area (Å²) in [6.45, 7) is 3.28. The van der Waals surface area contributed by atoms with Crippen molar-refractivity contribution >= 4 is 5.97 Å². The molecule has 0 N–H and O–H groups in total. The molecule has 0 saturated heterocycles. The van der Waals surface area contributed by atoms with Crippen molar-refractivity contribution in [1.82, 2.24) is 0 Å². The molecule has 0 fully saturated rings. The molecule has 1 aromatic rings. The first-order chi connectivity index (χ1) is 5.33. The van der Waals surface area contributed by atoms with Gasteiger partial charge in [-0.1, -0.05) is 24.8 Å². The van der Waals surface area contributed by atoms with E-state index in [-0.39, 0.29) is 27.7 Å². The molecule has 1 aromatic carbocycles. The van der Waals surface area contributed by atoms with Crippen molar-refractivity contribution in [2.24, 2.45) is 0 Å². The third kappa shape index (κ3) is 3.67. The molecule has 0 aliphatic heterocycles. The number of benzene rings is 1. The number of hydrogen-bond donors (Lipinski definition) is 0. The molecule has 58 valence electrons. The molecule has 0 aliphatic carbocycles. The van der Waals surface area contributed by atoms with Gasteiger partial charge in [0.05, 0.1) is 0 Å². The van der Waals surface area contributed by atoms with Crippen LogP contribution in [0, 0.1) is 0 Å². The molecular weight excluding hydrogens is 341 g/mol. The average Bonchev–Trinajstić information content (AvgIpc) is 2.06. The van der Waals surface area contributed by atoms with E-state index in [1.165, 1.54) is 0 Å². The van der Waals surface area contributed by atoms with Crippen LogP contribution in [-0.2, 0) is 32.5 Å². The molecule has 0 saturated carbocycles. The Kier molecular flexibility index (Phi) is 5.63. The van der Waals surface area contributed by atoms with Crippen LogP contribution in [0.1, 0.15) is 0 Å². The zero-order valence-corrected chi connectivity index (χ0v) is 12.2. The van der Waals surface area contributed by atoms with Gasteiger partial charge in [-0.15, -0.1) is 0 Å². The minimum absolute atomic E-state index is 0. The Bertz CT molecular complexity index is 256. The van der Waals surface area contributed by atoms with E-state index in [4.69, 9.17) is 4.74 Å². The number of rotatable bonds is 2. The summed E-state index contributed by atoms with van der Waals surface area (Å²) < 4.78 is 4.81. The second-order valence-corrected chi connectivity index (χ2v) is 1.94. The smallest absolute Gasteiger partial charge is 0.335 e. The van der Waals surface area contributed by atoms with Gasteiger partial charge in [0.1, 0.15) is 5.75 Å². The molecule has 2 nitrogen and oxygen atoms in total. The van der Waals surface area contributed by atoms with E-state index in [2.05, 4.69) is 6.58 Å². The van der Waals surface area contributed by atoms with E-state index in [0.717, 1.165) is 6.08 Å². The summed E-state index contributed by atoms with van der Waals surface area (Å²) in [5.74, 6) is 0.105. The van der Waals surface area contributed by atoms with Gasteiger partial charge in [-0.3, -0.25) is 0 Å². The van der Waals surface area contributed by atoms with Crippen molar-refractivity contribution in [3.8, 4) is 5.75 Å². The van der Waals surface area contributed by atoms with Crippen molar-refractivity contribution in [3.63, 3.8) is 0 Å². The Morgan fingerprint density at radius 2 is 1.92 bits per heavy atom. The molecule has 0 heterocycles. The van der Waals surface area contributed by atoms with Crippen molar-refractivity contribution in [2.75, 3.05) is 0 Å². The topological polar surface area (TPSA) is 26.3 Å². The van der Waals surface area contributed by atoms with Gasteiger partial charge in [0.25, 0.3) is 0 Å². The van der Waals surface area contributed by atoms with Crippen LogP contribution in [0.2, 0.25) is 0 Å². The molecule has 0 unspecified atom stereocenters. The molecule has 0 radical (unpaired) electrons. The predicted octanol–water partition coefficient (Wildman–Crippen LogP) is 1.78. The van der Waals surface area contributed by atoms with Crippen LogP contribution in [0.3, 0.4) is 0 Å². The van der Waals surface area contributed by atoms with Gasteiger partial charge in [0, 0.05) is 33.7 Å².